The molecule has 17 heavy (non-hydrogen) atoms. The van der Waals surface area contributed by atoms with E-state index < -0.39 is 0 Å². The molecule has 1 heterocycles. The summed E-state index contributed by atoms with van der Waals surface area (Å²) < 4.78 is 0. The van der Waals surface area contributed by atoms with Crippen molar-refractivity contribution in [2.75, 3.05) is 0 Å². The molecule has 2 nitrogen and oxygen atoms in total. The van der Waals surface area contributed by atoms with Gasteiger partial charge in [-0.05, 0) is 18.9 Å². The first-order valence-corrected chi connectivity index (χ1v) is 6.58. The van der Waals surface area contributed by atoms with Crippen LogP contribution < -0.4 is 0 Å². The maximum Gasteiger partial charge on any atom is 0.162 e. The topological polar surface area (TPSA) is 30.0 Å². The van der Waals surface area contributed by atoms with Crippen molar-refractivity contribution in [3.63, 3.8) is 0 Å². The van der Waals surface area contributed by atoms with Gasteiger partial charge in [0.25, 0.3) is 0 Å². The molecule has 0 radical (unpaired) electrons. The van der Waals surface area contributed by atoms with E-state index in [4.69, 9.17) is 0 Å². The number of nitrogens with zero attached hydrogens (tertiary/aromatic N) is 1. The maximum atomic E-state index is 11.0. The van der Waals surface area contributed by atoms with Crippen LogP contribution in [0.3, 0.4) is 0 Å². The van der Waals surface area contributed by atoms with Crippen molar-refractivity contribution in [1.29, 1.82) is 0 Å². The van der Waals surface area contributed by atoms with E-state index >= 15 is 0 Å². The van der Waals surface area contributed by atoms with Crippen LogP contribution >= 0.6 is 11.3 Å². The molecule has 0 saturated carbocycles. The summed E-state index contributed by atoms with van der Waals surface area (Å²) in [6.45, 7) is 4.09. The molecule has 2 rings (SSSR count). The molecule has 3 heteroatoms. The second-order valence-electron chi connectivity index (χ2n) is 4.01. The molecule has 1 aromatic heterocycles. The van der Waals surface area contributed by atoms with Crippen molar-refractivity contribution in [2.45, 2.75) is 26.7 Å². The van der Waals surface area contributed by atoms with E-state index in [1.807, 2.05) is 19.1 Å². The summed E-state index contributed by atoms with van der Waals surface area (Å²) in [5, 5.41) is 0.930. The minimum Gasteiger partial charge on any atom is -0.297 e. The Balaban J connectivity index is 2.35. The van der Waals surface area contributed by atoms with Crippen molar-refractivity contribution < 1.29 is 4.79 Å². The number of hydrogen-bond acceptors (Lipinski definition) is 3. The Morgan fingerprint density at radius 2 is 2.00 bits per heavy atom. The number of carbonyl (C=O) groups is 1. The molecule has 0 bridgehead atoms. The summed E-state index contributed by atoms with van der Waals surface area (Å²) in [5.41, 5.74) is 3.16. The molecule has 0 unspecified atom stereocenters. The Hall–Kier alpha value is -1.48. The van der Waals surface area contributed by atoms with Gasteiger partial charge in [-0.3, -0.25) is 4.79 Å². The molecule has 0 spiro atoms. The van der Waals surface area contributed by atoms with Gasteiger partial charge in [-0.15, -0.1) is 11.3 Å². The first-order chi connectivity index (χ1) is 8.24. The minimum atomic E-state index is 0.714. The predicted molar refractivity (Wildman–Crippen MR) is 71.7 cm³/mol. The normalized spacial score (nSPS) is 10.5. The van der Waals surface area contributed by atoms with Gasteiger partial charge in [-0.1, -0.05) is 37.6 Å². The van der Waals surface area contributed by atoms with E-state index in [-0.39, 0.29) is 0 Å². The molecule has 0 fully saturated rings. The molecule has 0 aliphatic rings. The van der Waals surface area contributed by atoms with Gasteiger partial charge in [0.05, 0.1) is 15.6 Å². The molecule has 0 atom stereocenters. The highest BCUT2D eigenvalue weighted by Gasteiger charge is 2.10. The number of carbonyl (C=O) groups excluding carboxylic acids is 1. The zero-order valence-corrected chi connectivity index (χ0v) is 10.9. The molecular weight excluding hydrogens is 230 g/mol. The van der Waals surface area contributed by atoms with Crippen LogP contribution in [0.4, 0.5) is 0 Å². The van der Waals surface area contributed by atoms with Gasteiger partial charge in [0.2, 0.25) is 0 Å². The second kappa shape index (κ2) is 5.23. The number of rotatable bonds is 4. The average molecular weight is 245 g/mol. The second-order valence-corrected chi connectivity index (χ2v) is 5.25. The van der Waals surface area contributed by atoms with Crippen molar-refractivity contribution in [2.24, 2.45) is 0 Å². The van der Waals surface area contributed by atoms with E-state index in [0.29, 0.717) is 4.88 Å². The lowest BCUT2D eigenvalue weighted by Crippen LogP contribution is -1.86. The lowest BCUT2D eigenvalue weighted by atomic mass is 10.1. The van der Waals surface area contributed by atoms with Crippen molar-refractivity contribution in [3.8, 4) is 11.3 Å². The number of aryl methyl sites for hydroxylation is 2. The van der Waals surface area contributed by atoms with E-state index in [9.17, 15) is 4.79 Å². The zero-order valence-electron chi connectivity index (χ0n) is 10.1. The Morgan fingerprint density at radius 3 is 2.59 bits per heavy atom. The van der Waals surface area contributed by atoms with Gasteiger partial charge in [0, 0.05) is 5.56 Å². The van der Waals surface area contributed by atoms with Crippen LogP contribution in [-0.4, -0.2) is 11.3 Å². The fraction of sp³-hybridized carbons (Fsp3) is 0.286. The largest absolute Gasteiger partial charge is 0.297 e. The van der Waals surface area contributed by atoms with Crippen LogP contribution in [0.15, 0.2) is 24.3 Å². The lowest BCUT2D eigenvalue weighted by molar-refractivity contribution is 0.112. The standard InChI is InChI=1S/C14H15NOS/c1-3-4-11-5-7-12(8-6-11)14-13(9-16)17-10(2)15-14/h5-9H,3-4H2,1-2H3. The number of aldehydes is 1. The van der Waals surface area contributed by atoms with Crippen LogP contribution in [0.2, 0.25) is 0 Å². The lowest BCUT2D eigenvalue weighted by Gasteiger charge is -2.01. The highest BCUT2D eigenvalue weighted by Crippen LogP contribution is 2.26. The number of hydrogen-bond donors (Lipinski definition) is 0. The summed E-state index contributed by atoms with van der Waals surface area (Å²) in [4.78, 5) is 16.1. The van der Waals surface area contributed by atoms with Gasteiger partial charge in [0.15, 0.2) is 6.29 Å². The third-order valence-corrected chi connectivity index (χ3v) is 3.53. The van der Waals surface area contributed by atoms with Crippen molar-refractivity contribution in [3.05, 3.63) is 39.7 Å². The average Bonchev–Trinajstić information content (AvgIpc) is 2.72. The monoisotopic (exact) mass is 245 g/mol. The van der Waals surface area contributed by atoms with Gasteiger partial charge < -0.3 is 0 Å². The van der Waals surface area contributed by atoms with Crippen molar-refractivity contribution >= 4 is 17.6 Å². The molecule has 2 aromatic rings. The smallest absolute Gasteiger partial charge is 0.162 e. The van der Waals surface area contributed by atoms with E-state index in [1.54, 1.807) is 0 Å². The molecular formula is C14H15NOS. The predicted octanol–water partition coefficient (Wildman–Crippen LogP) is 3.88. The van der Waals surface area contributed by atoms with Crippen molar-refractivity contribution in [1.82, 2.24) is 4.98 Å². The fourth-order valence-electron chi connectivity index (χ4n) is 1.85. The van der Waals surface area contributed by atoms with Crippen LogP contribution in [0.5, 0.6) is 0 Å². The first kappa shape index (κ1) is 12.0. The molecule has 1 aromatic carbocycles. The summed E-state index contributed by atoms with van der Waals surface area (Å²) in [6.07, 6.45) is 3.13. The molecule has 0 aliphatic carbocycles. The number of thiazole rings is 1. The van der Waals surface area contributed by atoms with Crippen LogP contribution in [-0.2, 0) is 6.42 Å². The summed E-state index contributed by atoms with van der Waals surface area (Å²) in [5.74, 6) is 0. The molecule has 0 aliphatic heterocycles. The Morgan fingerprint density at radius 1 is 1.29 bits per heavy atom. The Kier molecular flexibility index (Phi) is 3.69. The number of benzene rings is 1. The van der Waals surface area contributed by atoms with Gasteiger partial charge in [-0.2, -0.15) is 0 Å². The van der Waals surface area contributed by atoms with E-state index in [0.717, 1.165) is 35.4 Å². The maximum absolute atomic E-state index is 11.0. The SMILES string of the molecule is CCCc1ccc(-c2nc(C)sc2C=O)cc1. The summed E-state index contributed by atoms with van der Waals surface area (Å²) >= 11 is 1.44. The van der Waals surface area contributed by atoms with Crippen LogP contribution in [0.1, 0.15) is 33.6 Å². The van der Waals surface area contributed by atoms with Gasteiger partial charge >= 0.3 is 0 Å². The first-order valence-electron chi connectivity index (χ1n) is 5.76. The molecule has 0 amide bonds. The highest BCUT2D eigenvalue weighted by atomic mass is 32.1. The molecule has 0 N–H and O–H groups in total. The van der Waals surface area contributed by atoms with Gasteiger partial charge in [-0.25, -0.2) is 4.98 Å². The van der Waals surface area contributed by atoms with Gasteiger partial charge in [0.1, 0.15) is 0 Å². The Bertz CT molecular complexity index is 514. The minimum absolute atomic E-state index is 0.714. The third-order valence-electron chi connectivity index (χ3n) is 2.63. The Labute approximate surface area is 105 Å². The highest BCUT2D eigenvalue weighted by molar-refractivity contribution is 7.13. The fourth-order valence-corrected chi connectivity index (χ4v) is 2.61. The summed E-state index contributed by atoms with van der Waals surface area (Å²) in [6, 6.07) is 8.32. The zero-order chi connectivity index (χ0) is 12.3. The quantitative estimate of drug-likeness (QED) is 0.765. The van der Waals surface area contributed by atoms with Crippen LogP contribution in [0.25, 0.3) is 11.3 Å². The molecule has 88 valence electrons. The van der Waals surface area contributed by atoms with Crippen LogP contribution in [0, 0.1) is 6.92 Å². The molecule has 0 saturated heterocycles. The third kappa shape index (κ3) is 2.61. The van der Waals surface area contributed by atoms with E-state index in [2.05, 4.69) is 24.0 Å². The van der Waals surface area contributed by atoms with E-state index in [1.165, 1.54) is 16.9 Å². The number of aromatic nitrogens is 1. The summed E-state index contributed by atoms with van der Waals surface area (Å²) in [7, 11) is 0.